The fourth-order valence-electron chi connectivity index (χ4n) is 2.62. The van der Waals surface area contributed by atoms with Gasteiger partial charge >= 0.3 is 0 Å². The van der Waals surface area contributed by atoms with E-state index in [4.69, 9.17) is 0 Å². The molecule has 1 aromatic rings. The number of halogens is 1. The van der Waals surface area contributed by atoms with Crippen LogP contribution < -0.4 is 10.2 Å². The topological polar surface area (TPSA) is 35.5 Å². The van der Waals surface area contributed by atoms with Gasteiger partial charge in [-0.2, -0.15) is 0 Å². The van der Waals surface area contributed by atoms with Crippen LogP contribution in [-0.2, 0) is 0 Å². The Morgan fingerprint density at radius 1 is 1.47 bits per heavy atom. The van der Waals surface area contributed by atoms with Crippen molar-refractivity contribution in [2.24, 2.45) is 0 Å². The van der Waals surface area contributed by atoms with Crippen molar-refractivity contribution in [2.45, 2.75) is 38.8 Å². The van der Waals surface area contributed by atoms with Gasteiger partial charge in [-0.1, -0.05) is 15.9 Å². The molecule has 106 valence electrons. The van der Waals surface area contributed by atoms with Gasteiger partial charge in [0.2, 0.25) is 0 Å². The van der Waals surface area contributed by atoms with Crippen LogP contribution in [0.3, 0.4) is 0 Å². The predicted octanol–water partition coefficient (Wildman–Crippen LogP) is 2.70. The van der Waals surface area contributed by atoms with Crippen LogP contribution in [0.1, 0.15) is 25.3 Å². The number of rotatable bonds is 3. The smallest absolute Gasteiger partial charge is 0.0451 e. The highest BCUT2D eigenvalue weighted by Gasteiger charge is 2.23. The molecule has 0 bridgehead atoms. The van der Waals surface area contributed by atoms with E-state index in [1.807, 2.05) is 0 Å². The highest BCUT2D eigenvalue weighted by atomic mass is 79.9. The fraction of sp³-hybridized carbons (Fsp3) is 0.600. The zero-order valence-corrected chi connectivity index (χ0v) is 13.3. The quantitative estimate of drug-likeness (QED) is 0.896. The second-order valence-corrected chi connectivity index (χ2v) is 6.25. The summed E-state index contributed by atoms with van der Waals surface area (Å²) in [5.74, 6) is 0. The predicted molar refractivity (Wildman–Crippen MR) is 83.8 cm³/mol. The Balaban J connectivity index is 2.23. The molecule has 2 atom stereocenters. The molecule has 1 saturated heterocycles. The molecule has 0 amide bonds. The molecule has 0 saturated carbocycles. The summed E-state index contributed by atoms with van der Waals surface area (Å²) >= 11 is 3.55. The molecule has 1 aliphatic rings. The lowest BCUT2D eigenvalue weighted by atomic mass is 10.1. The third kappa shape index (κ3) is 3.71. The molecule has 3 nitrogen and oxygen atoms in total. The van der Waals surface area contributed by atoms with Crippen molar-refractivity contribution >= 4 is 21.6 Å². The zero-order valence-electron chi connectivity index (χ0n) is 11.7. The van der Waals surface area contributed by atoms with Crippen molar-refractivity contribution in [3.63, 3.8) is 0 Å². The van der Waals surface area contributed by atoms with Crippen molar-refractivity contribution in [1.82, 2.24) is 5.32 Å². The first-order valence-electron chi connectivity index (χ1n) is 6.99. The van der Waals surface area contributed by atoms with E-state index in [-0.39, 0.29) is 6.61 Å². The van der Waals surface area contributed by atoms with Crippen molar-refractivity contribution in [1.29, 1.82) is 0 Å². The van der Waals surface area contributed by atoms with Crippen molar-refractivity contribution in [2.75, 3.05) is 24.6 Å². The van der Waals surface area contributed by atoms with Crippen molar-refractivity contribution in [3.8, 4) is 0 Å². The summed E-state index contributed by atoms with van der Waals surface area (Å²) in [7, 11) is 0. The van der Waals surface area contributed by atoms with Gasteiger partial charge < -0.3 is 15.3 Å². The highest BCUT2D eigenvalue weighted by molar-refractivity contribution is 9.10. The zero-order chi connectivity index (χ0) is 13.8. The molecule has 4 heteroatoms. The number of aryl methyl sites for hydroxylation is 1. The molecule has 1 heterocycles. The third-order valence-electron chi connectivity index (χ3n) is 3.88. The van der Waals surface area contributed by atoms with Crippen molar-refractivity contribution in [3.05, 3.63) is 28.2 Å². The number of nitrogens with zero attached hydrogens (tertiary/aromatic N) is 1. The average molecular weight is 327 g/mol. The number of aliphatic hydroxyl groups excluding tert-OH is 1. The van der Waals surface area contributed by atoms with E-state index in [2.05, 4.69) is 58.2 Å². The van der Waals surface area contributed by atoms with Crippen LogP contribution in [0.5, 0.6) is 0 Å². The Labute approximate surface area is 124 Å². The van der Waals surface area contributed by atoms with Crippen LogP contribution in [0.15, 0.2) is 22.7 Å². The van der Waals surface area contributed by atoms with E-state index >= 15 is 0 Å². The Bertz CT molecular complexity index is 425. The lowest BCUT2D eigenvalue weighted by Crippen LogP contribution is -2.41. The Hall–Kier alpha value is -0.580. The summed E-state index contributed by atoms with van der Waals surface area (Å²) in [6, 6.07) is 7.42. The van der Waals surface area contributed by atoms with Crippen LogP contribution in [0.2, 0.25) is 0 Å². The first-order valence-corrected chi connectivity index (χ1v) is 7.78. The summed E-state index contributed by atoms with van der Waals surface area (Å²) in [6.07, 6.45) is 1.95. The summed E-state index contributed by atoms with van der Waals surface area (Å²) in [5, 5.41) is 12.8. The van der Waals surface area contributed by atoms with Gasteiger partial charge in [-0.25, -0.2) is 0 Å². The van der Waals surface area contributed by atoms with Gasteiger partial charge in [0.1, 0.15) is 0 Å². The number of benzene rings is 1. The molecule has 0 aliphatic carbocycles. The normalized spacial score (nSPS) is 24.3. The maximum atomic E-state index is 9.28. The van der Waals surface area contributed by atoms with Gasteiger partial charge in [-0.05, 0) is 50.5 Å². The van der Waals surface area contributed by atoms with E-state index in [9.17, 15) is 5.11 Å². The molecule has 19 heavy (non-hydrogen) atoms. The highest BCUT2D eigenvalue weighted by Crippen LogP contribution is 2.26. The number of nitrogens with one attached hydrogen (secondary N) is 1. The minimum atomic E-state index is 0.243. The van der Waals surface area contributed by atoms with Gasteiger partial charge in [-0.3, -0.25) is 0 Å². The van der Waals surface area contributed by atoms with E-state index in [1.165, 1.54) is 11.3 Å². The van der Waals surface area contributed by atoms with Gasteiger partial charge in [0.25, 0.3) is 0 Å². The Kier molecular flexibility index (Phi) is 5.25. The van der Waals surface area contributed by atoms with E-state index in [1.54, 1.807) is 0 Å². The molecular formula is C15H23BrN2O. The molecule has 0 spiro atoms. The molecule has 2 rings (SSSR count). The lowest BCUT2D eigenvalue weighted by Gasteiger charge is -2.32. The van der Waals surface area contributed by atoms with Gasteiger partial charge in [0, 0.05) is 41.9 Å². The summed E-state index contributed by atoms with van der Waals surface area (Å²) < 4.78 is 1.15. The van der Waals surface area contributed by atoms with Crippen LogP contribution in [0, 0.1) is 6.92 Å². The molecular weight excluding hydrogens is 304 g/mol. The largest absolute Gasteiger partial charge is 0.396 e. The second-order valence-electron chi connectivity index (χ2n) is 5.39. The van der Waals surface area contributed by atoms with E-state index in [0.717, 1.165) is 30.4 Å². The van der Waals surface area contributed by atoms with Gasteiger partial charge in [-0.15, -0.1) is 0 Å². The molecule has 2 N–H and O–H groups in total. The first kappa shape index (κ1) is 14.8. The van der Waals surface area contributed by atoms with Crippen LogP contribution in [0.4, 0.5) is 5.69 Å². The number of hydrogen-bond acceptors (Lipinski definition) is 3. The number of aliphatic hydroxyl groups is 1. The summed E-state index contributed by atoms with van der Waals surface area (Å²) in [6.45, 7) is 6.57. The SMILES string of the molecule is Cc1cc(N2CCC(C)NCC2CCO)ccc1Br. The van der Waals surface area contributed by atoms with Crippen molar-refractivity contribution < 1.29 is 5.11 Å². The number of hydrogen-bond donors (Lipinski definition) is 2. The summed E-state index contributed by atoms with van der Waals surface area (Å²) in [5.41, 5.74) is 2.51. The third-order valence-corrected chi connectivity index (χ3v) is 4.77. The molecule has 1 fully saturated rings. The Morgan fingerprint density at radius 2 is 2.26 bits per heavy atom. The summed E-state index contributed by atoms with van der Waals surface area (Å²) in [4.78, 5) is 2.44. The standard InChI is InChI=1S/C15H23BrN2O/c1-11-9-13(3-4-15(11)16)18-7-5-12(2)17-10-14(18)6-8-19/h3-4,9,12,14,17,19H,5-8,10H2,1-2H3. The molecule has 1 aromatic carbocycles. The van der Waals surface area contributed by atoms with Gasteiger partial charge in [0.05, 0.1) is 0 Å². The average Bonchev–Trinajstić information content (AvgIpc) is 2.56. The van der Waals surface area contributed by atoms with Gasteiger partial charge in [0.15, 0.2) is 0 Å². The first-order chi connectivity index (χ1) is 9.11. The monoisotopic (exact) mass is 326 g/mol. The van der Waals surface area contributed by atoms with E-state index in [0.29, 0.717) is 12.1 Å². The van der Waals surface area contributed by atoms with Crippen LogP contribution in [0.25, 0.3) is 0 Å². The second kappa shape index (κ2) is 6.73. The van der Waals surface area contributed by atoms with E-state index < -0.39 is 0 Å². The molecule has 2 unspecified atom stereocenters. The Morgan fingerprint density at radius 3 is 2.95 bits per heavy atom. The fourth-order valence-corrected chi connectivity index (χ4v) is 2.87. The maximum absolute atomic E-state index is 9.28. The minimum Gasteiger partial charge on any atom is -0.396 e. The number of anilines is 1. The molecule has 0 aromatic heterocycles. The maximum Gasteiger partial charge on any atom is 0.0451 e. The lowest BCUT2D eigenvalue weighted by molar-refractivity contribution is 0.272. The molecule has 1 aliphatic heterocycles. The van der Waals surface area contributed by atoms with Crippen LogP contribution >= 0.6 is 15.9 Å². The van der Waals surface area contributed by atoms with Crippen LogP contribution in [-0.4, -0.2) is 36.9 Å². The molecule has 0 radical (unpaired) electrons. The minimum absolute atomic E-state index is 0.243.